The Hall–Kier alpha value is -2.92. The van der Waals surface area contributed by atoms with Crippen LogP contribution in [0.15, 0.2) is 65.6 Å². The number of fused-ring (bicyclic) bond motifs is 1. The lowest BCUT2D eigenvalue weighted by molar-refractivity contribution is 0.228. The van der Waals surface area contributed by atoms with Crippen LogP contribution >= 0.6 is 0 Å². The Kier molecular flexibility index (Phi) is 5.72. The van der Waals surface area contributed by atoms with Crippen molar-refractivity contribution in [2.24, 2.45) is 5.73 Å². The normalized spacial score (nSPS) is 12.9. The van der Waals surface area contributed by atoms with E-state index in [2.05, 4.69) is 12.1 Å². The molecule has 0 saturated heterocycles. The Bertz CT molecular complexity index is 1010. The molecule has 2 aromatic carbocycles. The highest BCUT2D eigenvalue weighted by Gasteiger charge is 2.15. The van der Waals surface area contributed by atoms with Crippen molar-refractivity contribution in [1.29, 1.82) is 0 Å². The largest absolute Gasteiger partial charge is 0.405 e. The van der Waals surface area contributed by atoms with Crippen LogP contribution in [0.3, 0.4) is 0 Å². The van der Waals surface area contributed by atoms with Crippen LogP contribution in [0.1, 0.15) is 42.8 Å². The third kappa shape index (κ3) is 4.09. The highest BCUT2D eigenvalue weighted by Crippen LogP contribution is 2.21. The number of nitrogens with zero attached hydrogens (tertiary/aromatic N) is 2. The molecule has 0 aliphatic rings. The van der Waals surface area contributed by atoms with Crippen LogP contribution < -0.4 is 11.3 Å². The first-order valence-corrected chi connectivity index (χ1v) is 9.16. The fraction of sp³-hybridized carbons (Fsp3) is 0.273. The van der Waals surface area contributed by atoms with Crippen molar-refractivity contribution in [2.75, 3.05) is 0 Å². The monoisotopic (exact) mass is 363 g/mol. The molecule has 1 aromatic heterocycles. The maximum atomic E-state index is 13.1. The van der Waals surface area contributed by atoms with Crippen LogP contribution in [-0.4, -0.2) is 14.7 Å². The van der Waals surface area contributed by atoms with Gasteiger partial charge in [0.2, 0.25) is 0 Å². The van der Waals surface area contributed by atoms with Crippen molar-refractivity contribution in [1.82, 2.24) is 9.55 Å². The Balaban J connectivity index is 2.05. The van der Waals surface area contributed by atoms with Gasteiger partial charge < -0.3 is 10.8 Å². The molecule has 27 heavy (non-hydrogen) atoms. The second-order valence-corrected chi connectivity index (χ2v) is 6.92. The van der Waals surface area contributed by atoms with E-state index >= 15 is 0 Å². The first-order valence-electron chi connectivity index (χ1n) is 9.16. The van der Waals surface area contributed by atoms with Crippen LogP contribution in [0, 0.1) is 0 Å². The van der Waals surface area contributed by atoms with E-state index in [0.717, 1.165) is 12.2 Å². The van der Waals surface area contributed by atoms with Crippen LogP contribution in [-0.2, 0) is 13.0 Å². The number of rotatable bonds is 6. The third-order valence-electron chi connectivity index (χ3n) is 4.63. The van der Waals surface area contributed by atoms with Gasteiger partial charge in [0.15, 0.2) is 0 Å². The molecule has 1 unspecified atom stereocenters. The molecule has 0 amide bonds. The van der Waals surface area contributed by atoms with E-state index in [1.807, 2.05) is 32.0 Å². The maximum Gasteiger partial charge on any atom is 0.261 e. The number of aliphatic hydroxyl groups excluding tert-OH is 1. The zero-order chi connectivity index (χ0) is 19.4. The fourth-order valence-corrected chi connectivity index (χ4v) is 3.20. The highest BCUT2D eigenvalue weighted by atomic mass is 16.3. The predicted octanol–water partition coefficient (Wildman–Crippen LogP) is 3.27. The minimum absolute atomic E-state index is 0.0463. The topological polar surface area (TPSA) is 81.1 Å². The van der Waals surface area contributed by atoms with E-state index < -0.39 is 6.10 Å². The molecular formula is C22H25N3O2. The molecule has 140 valence electrons. The summed E-state index contributed by atoms with van der Waals surface area (Å²) in [5.41, 5.74) is 7.76. The molecule has 0 saturated carbocycles. The molecule has 1 heterocycles. The van der Waals surface area contributed by atoms with Gasteiger partial charge in [0.05, 0.1) is 17.0 Å². The molecule has 0 aliphatic heterocycles. The molecule has 0 radical (unpaired) electrons. The van der Waals surface area contributed by atoms with Crippen molar-refractivity contribution in [3.8, 4) is 0 Å². The zero-order valence-electron chi connectivity index (χ0n) is 15.7. The maximum absolute atomic E-state index is 13.1. The van der Waals surface area contributed by atoms with E-state index in [-0.39, 0.29) is 11.5 Å². The summed E-state index contributed by atoms with van der Waals surface area (Å²) in [4.78, 5) is 17.9. The number of aryl methyl sites for hydroxylation is 1. The molecule has 5 heteroatoms. The Labute approximate surface area is 158 Å². The SMILES string of the molecule is CC(C)c1nc2cc(C(O)/C=C/N)ccc2c(=O)n1CCc1ccccc1. The molecule has 0 fully saturated rings. The Morgan fingerprint density at radius 2 is 1.93 bits per heavy atom. The minimum atomic E-state index is -0.816. The number of benzene rings is 2. The summed E-state index contributed by atoms with van der Waals surface area (Å²) in [6.07, 6.45) is 2.75. The zero-order valence-corrected chi connectivity index (χ0v) is 15.7. The fourth-order valence-electron chi connectivity index (χ4n) is 3.20. The predicted molar refractivity (Wildman–Crippen MR) is 109 cm³/mol. The van der Waals surface area contributed by atoms with Gasteiger partial charge in [0.25, 0.3) is 5.56 Å². The lowest BCUT2D eigenvalue weighted by Gasteiger charge is -2.17. The molecule has 3 rings (SSSR count). The summed E-state index contributed by atoms with van der Waals surface area (Å²) in [5.74, 6) is 0.861. The van der Waals surface area contributed by atoms with E-state index in [1.165, 1.54) is 17.8 Å². The van der Waals surface area contributed by atoms with Crippen LogP contribution in [0.5, 0.6) is 0 Å². The number of hydrogen-bond acceptors (Lipinski definition) is 4. The molecule has 0 spiro atoms. The first-order chi connectivity index (χ1) is 13.0. The molecule has 3 N–H and O–H groups in total. The molecule has 0 aliphatic carbocycles. The quantitative estimate of drug-likeness (QED) is 0.704. The van der Waals surface area contributed by atoms with Gasteiger partial charge in [-0.05, 0) is 42.0 Å². The van der Waals surface area contributed by atoms with E-state index in [9.17, 15) is 9.90 Å². The summed E-state index contributed by atoms with van der Waals surface area (Å²) in [7, 11) is 0. The van der Waals surface area contributed by atoms with Crippen molar-refractivity contribution < 1.29 is 5.11 Å². The summed E-state index contributed by atoms with van der Waals surface area (Å²) < 4.78 is 1.77. The van der Waals surface area contributed by atoms with Gasteiger partial charge in [-0.3, -0.25) is 9.36 Å². The van der Waals surface area contributed by atoms with Gasteiger partial charge in [-0.25, -0.2) is 4.98 Å². The van der Waals surface area contributed by atoms with Gasteiger partial charge in [0, 0.05) is 12.5 Å². The number of aromatic nitrogens is 2. The number of nitrogens with two attached hydrogens (primary N) is 1. The molecule has 5 nitrogen and oxygen atoms in total. The Morgan fingerprint density at radius 3 is 2.59 bits per heavy atom. The highest BCUT2D eigenvalue weighted by molar-refractivity contribution is 5.78. The Morgan fingerprint density at radius 1 is 1.19 bits per heavy atom. The molecule has 0 bridgehead atoms. The van der Waals surface area contributed by atoms with Gasteiger partial charge in [-0.15, -0.1) is 0 Å². The molecule has 3 aromatic rings. The average Bonchev–Trinajstić information content (AvgIpc) is 2.67. The van der Waals surface area contributed by atoms with Crippen molar-refractivity contribution in [3.05, 3.63) is 88.1 Å². The van der Waals surface area contributed by atoms with E-state index in [4.69, 9.17) is 10.7 Å². The van der Waals surface area contributed by atoms with E-state index in [0.29, 0.717) is 23.0 Å². The lowest BCUT2D eigenvalue weighted by atomic mass is 10.1. The average molecular weight is 363 g/mol. The first kappa shape index (κ1) is 18.9. The summed E-state index contributed by atoms with van der Waals surface area (Å²) in [6, 6.07) is 15.3. The van der Waals surface area contributed by atoms with Crippen LogP contribution in [0.25, 0.3) is 10.9 Å². The van der Waals surface area contributed by atoms with Crippen molar-refractivity contribution in [2.45, 2.75) is 38.8 Å². The number of aliphatic hydroxyl groups is 1. The summed E-state index contributed by atoms with van der Waals surface area (Å²) >= 11 is 0. The van der Waals surface area contributed by atoms with Crippen molar-refractivity contribution in [3.63, 3.8) is 0 Å². The molecule has 1 atom stereocenters. The smallest absolute Gasteiger partial charge is 0.261 e. The summed E-state index contributed by atoms with van der Waals surface area (Å²) in [6.45, 7) is 4.64. The van der Waals surface area contributed by atoms with E-state index in [1.54, 1.807) is 22.8 Å². The summed E-state index contributed by atoms with van der Waals surface area (Å²) in [5, 5.41) is 10.7. The second-order valence-electron chi connectivity index (χ2n) is 6.92. The van der Waals surface area contributed by atoms with Crippen molar-refractivity contribution >= 4 is 10.9 Å². The van der Waals surface area contributed by atoms with Gasteiger partial charge in [-0.1, -0.05) is 50.2 Å². The minimum Gasteiger partial charge on any atom is -0.405 e. The van der Waals surface area contributed by atoms with Crippen LogP contribution in [0.2, 0.25) is 0 Å². The lowest BCUT2D eigenvalue weighted by Crippen LogP contribution is -2.27. The van der Waals surface area contributed by atoms with Gasteiger partial charge >= 0.3 is 0 Å². The van der Waals surface area contributed by atoms with Crippen LogP contribution in [0.4, 0.5) is 0 Å². The van der Waals surface area contributed by atoms with Gasteiger partial charge in [-0.2, -0.15) is 0 Å². The van der Waals surface area contributed by atoms with Gasteiger partial charge in [0.1, 0.15) is 5.82 Å². The third-order valence-corrected chi connectivity index (χ3v) is 4.63. The number of hydrogen-bond donors (Lipinski definition) is 2. The standard InChI is InChI=1S/C22H25N3O2/c1-15(2)21-24-19-14-17(20(26)10-12-23)8-9-18(19)22(27)25(21)13-11-16-6-4-3-5-7-16/h3-10,12,14-15,20,26H,11,13,23H2,1-2H3/b12-10+. The second kappa shape index (κ2) is 8.18. The molecular weight excluding hydrogens is 338 g/mol.